The van der Waals surface area contributed by atoms with Crippen LogP contribution in [0.3, 0.4) is 0 Å². The predicted octanol–water partition coefficient (Wildman–Crippen LogP) is 0.218. The number of aryl methyl sites for hydroxylation is 1. The lowest BCUT2D eigenvalue weighted by Gasteiger charge is -2.52. The topological polar surface area (TPSA) is 90.4 Å². The molecule has 4 atom stereocenters. The summed E-state index contributed by atoms with van der Waals surface area (Å²) in [5, 5.41) is 6.48. The summed E-state index contributed by atoms with van der Waals surface area (Å²) in [7, 11) is 0. The smallest absolute Gasteiger partial charge is 0.290 e. The maximum Gasteiger partial charge on any atom is 0.290 e. The van der Waals surface area contributed by atoms with Crippen LogP contribution in [0.4, 0.5) is 0 Å². The second kappa shape index (κ2) is 4.37. The van der Waals surface area contributed by atoms with Crippen LogP contribution in [0.25, 0.3) is 0 Å². The molecular weight excluding hydrogens is 234 g/mol. The van der Waals surface area contributed by atoms with Crippen molar-refractivity contribution in [2.24, 2.45) is 11.7 Å². The highest BCUT2D eigenvalue weighted by molar-refractivity contribution is 5.93. The van der Waals surface area contributed by atoms with Crippen LogP contribution in [-0.2, 0) is 4.74 Å². The van der Waals surface area contributed by atoms with Gasteiger partial charge in [-0.15, -0.1) is 0 Å². The second-order valence-electron chi connectivity index (χ2n) is 5.06. The van der Waals surface area contributed by atoms with Gasteiger partial charge in [0.15, 0.2) is 0 Å². The number of ether oxygens (including phenoxy) is 1. The van der Waals surface area contributed by atoms with E-state index in [1.807, 2.05) is 0 Å². The number of hydrogen-bond acceptors (Lipinski definition) is 5. The minimum Gasteiger partial charge on any atom is -0.376 e. The first-order chi connectivity index (χ1) is 8.68. The van der Waals surface area contributed by atoms with Gasteiger partial charge in [-0.05, 0) is 19.8 Å². The SMILES string of the molecule is Cc1cnoc1C(=O)NC1C(N)C2CCCOC21. The highest BCUT2D eigenvalue weighted by Gasteiger charge is 2.51. The molecule has 1 saturated heterocycles. The van der Waals surface area contributed by atoms with Crippen molar-refractivity contribution in [3.05, 3.63) is 17.5 Å². The molecule has 2 fully saturated rings. The van der Waals surface area contributed by atoms with Crippen LogP contribution in [0.2, 0.25) is 0 Å². The molecule has 98 valence electrons. The molecule has 2 heterocycles. The Morgan fingerprint density at radius 3 is 3.17 bits per heavy atom. The number of rotatable bonds is 2. The van der Waals surface area contributed by atoms with Gasteiger partial charge in [-0.3, -0.25) is 4.79 Å². The molecule has 1 amide bonds. The van der Waals surface area contributed by atoms with E-state index in [0.717, 1.165) is 25.0 Å². The quantitative estimate of drug-likeness (QED) is 0.784. The molecule has 3 rings (SSSR count). The summed E-state index contributed by atoms with van der Waals surface area (Å²) in [6.07, 6.45) is 3.71. The maximum absolute atomic E-state index is 12.0. The van der Waals surface area contributed by atoms with Crippen LogP contribution in [0.5, 0.6) is 0 Å². The second-order valence-corrected chi connectivity index (χ2v) is 5.06. The van der Waals surface area contributed by atoms with Gasteiger partial charge in [0.2, 0.25) is 5.76 Å². The summed E-state index contributed by atoms with van der Waals surface area (Å²) in [5.74, 6) is 0.361. The number of carbonyl (C=O) groups excluding carboxylic acids is 1. The van der Waals surface area contributed by atoms with E-state index in [9.17, 15) is 4.79 Å². The number of nitrogens with two attached hydrogens (primary N) is 1. The molecule has 2 aliphatic rings. The van der Waals surface area contributed by atoms with Gasteiger partial charge in [0.05, 0.1) is 18.3 Å². The van der Waals surface area contributed by atoms with Gasteiger partial charge in [0.25, 0.3) is 5.91 Å². The molecule has 4 unspecified atom stereocenters. The molecular formula is C12H17N3O3. The van der Waals surface area contributed by atoms with Crippen molar-refractivity contribution in [2.45, 2.75) is 38.0 Å². The molecule has 0 bridgehead atoms. The number of nitrogens with zero attached hydrogens (tertiary/aromatic N) is 1. The molecule has 1 aliphatic carbocycles. The molecule has 6 heteroatoms. The number of fused-ring (bicyclic) bond motifs is 1. The fourth-order valence-electron chi connectivity index (χ4n) is 2.85. The van der Waals surface area contributed by atoms with Crippen molar-refractivity contribution in [3.8, 4) is 0 Å². The lowest BCUT2D eigenvalue weighted by Crippen LogP contribution is -2.72. The van der Waals surface area contributed by atoms with Gasteiger partial charge in [0.1, 0.15) is 0 Å². The van der Waals surface area contributed by atoms with Gasteiger partial charge in [0, 0.05) is 24.1 Å². The van der Waals surface area contributed by atoms with Crippen molar-refractivity contribution in [1.29, 1.82) is 0 Å². The summed E-state index contributed by atoms with van der Waals surface area (Å²) >= 11 is 0. The van der Waals surface area contributed by atoms with Gasteiger partial charge in [-0.1, -0.05) is 5.16 Å². The Labute approximate surface area is 105 Å². The number of amides is 1. The predicted molar refractivity (Wildman–Crippen MR) is 62.9 cm³/mol. The largest absolute Gasteiger partial charge is 0.376 e. The number of aromatic nitrogens is 1. The van der Waals surface area contributed by atoms with Crippen molar-refractivity contribution >= 4 is 5.91 Å². The molecule has 1 aromatic rings. The van der Waals surface area contributed by atoms with Crippen LogP contribution in [0, 0.1) is 12.8 Å². The zero-order valence-corrected chi connectivity index (χ0v) is 10.3. The lowest BCUT2D eigenvalue weighted by atomic mass is 9.68. The van der Waals surface area contributed by atoms with Crippen LogP contribution >= 0.6 is 0 Å². The molecule has 3 N–H and O–H groups in total. The van der Waals surface area contributed by atoms with Gasteiger partial charge < -0.3 is 20.3 Å². The van der Waals surface area contributed by atoms with Crippen LogP contribution < -0.4 is 11.1 Å². The Bertz CT molecular complexity index is 459. The van der Waals surface area contributed by atoms with E-state index in [-0.39, 0.29) is 29.9 Å². The van der Waals surface area contributed by atoms with Crippen molar-refractivity contribution < 1.29 is 14.1 Å². The number of nitrogens with one attached hydrogen (secondary N) is 1. The molecule has 1 aromatic heterocycles. The Morgan fingerprint density at radius 1 is 1.61 bits per heavy atom. The third-order valence-electron chi connectivity index (χ3n) is 3.93. The van der Waals surface area contributed by atoms with Crippen molar-refractivity contribution in [2.75, 3.05) is 6.61 Å². The van der Waals surface area contributed by atoms with E-state index in [1.165, 1.54) is 6.20 Å². The average Bonchev–Trinajstić information content (AvgIpc) is 2.81. The van der Waals surface area contributed by atoms with Gasteiger partial charge >= 0.3 is 0 Å². The first kappa shape index (κ1) is 11.7. The molecule has 0 radical (unpaired) electrons. The summed E-state index contributed by atoms with van der Waals surface area (Å²) in [6.45, 7) is 2.54. The minimum absolute atomic E-state index is 0.0255. The van der Waals surface area contributed by atoms with Gasteiger partial charge in [-0.25, -0.2) is 0 Å². The third-order valence-corrected chi connectivity index (χ3v) is 3.93. The molecule has 1 aliphatic heterocycles. The minimum atomic E-state index is -0.266. The highest BCUT2D eigenvalue weighted by atomic mass is 16.5. The monoisotopic (exact) mass is 251 g/mol. The van der Waals surface area contributed by atoms with Crippen molar-refractivity contribution in [3.63, 3.8) is 0 Å². The molecule has 0 spiro atoms. The maximum atomic E-state index is 12.0. The zero-order chi connectivity index (χ0) is 12.7. The van der Waals surface area contributed by atoms with Gasteiger partial charge in [-0.2, -0.15) is 0 Å². The van der Waals surface area contributed by atoms with E-state index in [4.69, 9.17) is 15.0 Å². The molecule has 0 aromatic carbocycles. The number of hydrogen-bond donors (Lipinski definition) is 2. The summed E-state index contributed by atoms with van der Waals surface area (Å²) in [5.41, 5.74) is 6.80. The first-order valence-corrected chi connectivity index (χ1v) is 6.28. The van der Waals surface area contributed by atoms with E-state index >= 15 is 0 Å². The highest BCUT2D eigenvalue weighted by Crippen LogP contribution is 2.37. The Kier molecular flexibility index (Phi) is 2.83. The molecule has 6 nitrogen and oxygen atoms in total. The lowest BCUT2D eigenvalue weighted by molar-refractivity contribution is -0.117. The van der Waals surface area contributed by atoms with E-state index in [0.29, 0.717) is 5.92 Å². The molecule has 1 saturated carbocycles. The van der Waals surface area contributed by atoms with Crippen LogP contribution in [0.15, 0.2) is 10.7 Å². The van der Waals surface area contributed by atoms with E-state index < -0.39 is 0 Å². The van der Waals surface area contributed by atoms with Crippen LogP contribution in [-0.4, -0.2) is 35.9 Å². The third kappa shape index (κ3) is 1.72. The summed E-state index contributed by atoms with van der Waals surface area (Å²) in [6, 6.07) is -0.144. The van der Waals surface area contributed by atoms with E-state index in [2.05, 4.69) is 10.5 Å². The normalized spacial score (nSPS) is 34.6. The average molecular weight is 251 g/mol. The Hall–Kier alpha value is -1.40. The number of carbonyl (C=O) groups is 1. The Balaban J connectivity index is 1.67. The van der Waals surface area contributed by atoms with E-state index in [1.54, 1.807) is 6.92 Å². The first-order valence-electron chi connectivity index (χ1n) is 6.28. The van der Waals surface area contributed by atoms with Crippen molar-refractivity contribution in [1.82, 2.24) is 10.5 Å². The molecule has 18 heavy (non-hydrogen) atoms. The Morgan fingerprint density at radius 2 is 2.44 bits per heavy atom. The standard InChI is InChI=1S/C12H17N3O3/c1-6-5-14-18-10(6)12(16)15-9-8(13)7-3-2-4-17-11(7)9/h5,7-9,11H,2-4,13H2,1H3,(H,15,16). The summed E-state index contributed by atoms with van der Waals surface area (Å²) < 4.78 is 10.6. The fraction of sp³-hybridized carbons (Fsp3) is 0.667. The zero-order valence-electron chi connectivity index (χ0n) is 10.3. The fourth-order valence-corrected chi connectivity index (χ4v) is 2.85. The summed E-state index contributed by atoms with van der Waals surface area (Å²) in [4.78, 5) is 12.0. The van der Waals surface area contributed by atoms with Crippen LogP contribution in [0.1, 0.15) is 29.0 Å².